The Kier molecular flexibility index (Phi) is 4.52. The normalized spacial score (nSPS) is 15.0. The Morgan fingerprint density at radius 3 is 2.73 bits per heavy atom. The molecule has 26 heavy (non-hydrogen) atoms. The van der Waals surface area contributed by atoms with Crippen LogP contribution in [-0.4, -0.2) is 29.3 Å². The number of hydrogen-bond donors (Lipinski definition) is 0. The summed E-state index contributed by atoms with van der Waals surface area (Å²) >= 11 is 1.35. The SMILES string of the molecule is CSc1nn2c3c(cnc2c1S(=O)(=O)c1cccc(C)c1)CCCCC3. The average molecular weight is 388 g/mol. The lowest BCUT2D eigenvalue weighted by atomic mass is 10.1. The van der Waals surface area contributed by atoms with Crippen LogP contribution in [-0.2, 0) is 22.7 Å². The van der Waals surface area contributed by atoms with E-state index in [4.69, 9.17) is 0 Å². The van der Waals surface area contributed by atoms with Gasteiger partial charge in [-0.1, -0.05) is 18.6 Å². The van der Waals surface area contributed by atoms with Crippen molar-refractivity contribution < 1.29 is 8.42 Å². The Balaban J connectivity index is 1.99. The van der Waals surface area contributed by atoms with Gasteiger partial charge in [-0.25, -0.2) is 17.9 Å². The molecule has 0 bridgehead atoms. The molecule has 0 amide bonds. The summed E-state index contributed by atoms with van der Waals surface area (Å²) < 4.78 is 28.5. The summed E-state index contributed by atoms with van der Waals surface area (Å²) in [5.74, 6) is 0. The molecule has 0 atom stereocenters. The number of benzene rings is 1. The molecule has 136 valence electrons. The highest BCUT2D eigenvalue weighted by atomic mass is 32.2. The first-order valence-corrected chi connectivity index (χ1v) is 11.5. The monoisotopic (exact) mass is 387 g/mol. The zero-order valence-electron chi connectivity index (χ0n) is 14.9. The standard InChI is InChI=1S/C19H21N3O2S2/c1-13-7-6-9-15(11-13)26(23,24)17-18-20-12-14-8-4-3-5-10-16(14)22(18)21-19(17)25-2/h6-7,9,11-12H,3-5,8,10H2,1-2H3. The molecule has 0 saturated carbocycles. The third kappa shape index (κ3) is 2.83. The van der Waals surface area contributed by atoms with Crippen LogP contribution in [0.5, 0.6) is 0 Å². The lowest BCUT2D eigenvalue weighted by Crippen LogP contribution is -2.07. The van der Waals surface area contributed by atoms with E-state index in [2.05, 4.69) is 10.1 Å². The van der Waals surface area contributed by atoms with Gasteiger partial charge in [-0.2, -0.15) is 5.10 Å². The van der Waals surface area contributed by atoms with Gasteiger partial charge in [0.15, 0.2) is 10.5 Å². The van der Waals surface area contributed by atoms with Gasteiger partial charge >= 0.3 is 0 Å². The van der Waals surface area contributed by atoms with Crippen LogP contribution in [0, 0.1) is 6.92 Å². The number of hydrogen-bond acceptors (Lipinski definition) is 5. The first-order valence-electron chi connectivity index (χ1n) is 8.77. The van der Waals surface area contributed by atoms with Gasteiger partial charge in [0.05, 0.1) is 4.90 Å². The summed E-state index contributed by atoms with van der Waals surface area (Å²) in [4.78, 5) is 5.04. The molecule has 1 aliphatic rings. The predicted octanol–water partition coefficient (Wildman–Crippen LogP) is 3.86. The van der Waals surface area contributed by atoms with Gasteiger partial charge in [0, 0.05) is 11.9 Å². The topological polar surface area (TPSA) is 64.3 Å². The molecule has 1 aliphatic carbocycles. The molecule has 3 aromatic rings. The fraction of sp³-hybridized carbons (Fsp3) is 0.368. The van der Waals surface area contributed by atoms with E-state index in [1.807, 2.05) is 25.4 Å². The van der Waals surface area contributed by atoms with Crippen LogP contribution in [0.4, 0.5) is 0 Å². The molecular formula is C19H21N3O2S2. The summed E-state index contributed by atoms with van der Waals surface area (Å²) in [6, 6.07) is 7.00. The van der Waals surface area contributed by atoms with Crippen molar-refractivity contribution in [3.05, 3.63) is 47.3 Å². The van der Waals surface area contributed by atoms with E-state index >= 15 is 0 Å². The first kappa shape index (κ1) is 17.5. The Morgan fingerprint density at radius 1 is 1.15 bits per heavy atom. The van der Waals surface area contributed by atoms with Crippen molar-refractivity contribution in [2.75, 3.05) is 6.26 Å². The van der Waals surface area contributed by atoms with Crippen LogP contribution in [0.1, 0.15) is 36.1 Å². The highest BCUT2D eigenvalue weighted by Gasteiger charge is 2.30. The van der Waals surface area contributed by atoms with E-state index in [1.165, 1.54) is 23.7 Å². The Morgan fingerprint density at radius 2 is 1.96 bits per heavy atom. The number of thioether (sulfide) groups is 1. The number of fused-ring (bicyclic) bond motifs is 3. The molecule has 0 radical (unpaired) electrons. The molecule has 2 heterocycles. The van der Waals surface area contributed by atoms with E-state index in [0.29, 0.717) is 15.6 Å². The lowest BCUT2D eigenvalue weighted by molar-refractivity contribution is 0.594. The third-order valence-corrected chi connectivity index (χ3v) is 7.47. The summed E-state index contributed by atoms with van der Waals surface area (Å²) in [5.41, 5.74) is 3.64. The Bertz CT molecular complexity index is 1090. The minimum Gasteiger partial charge on any atom is -0.236 e. The second kappa shape index (κ2) is 6.70. The molecule has 7 heteroatoms. The van der Waals surface area contributed by atoms with Crippen molar-refractivity contribution in [1.82, 2.24) is 14.6 Å². The second-order valence-corrected chi connectivity index (χ2v) is 9.37. The van der Waals surface area contributed by atoms with Crippen LogP contribution in [0.25, 0.3) is 5.65 Å². The second-order valence-electron chi connectivity index (χ2n) is 6.68. The molecule has 0 N–H and O–H groups in total. The van der Waals surface area contributed by atoms with Gasteiger partial charge in [-0.15, -0.1) is 11.8 Å². The van der Waals surface area contributed by atoms with Gasteiger partial charge in [0.25, 0.3) is 0 Å². The molecule has 2 aromatic heterocycles. The Hall–Kier alpha value is -1.86. The molecule has 0 unspecified atom stereocenters. The van der Waals surface area contributed by atoms with Gasteiger partial charge in [-0.05, 0) is 62.1 Å². The quantitative estimate of drug-likeness (QED) is 0.504. The van der Waals surface area contributed by atoms with Crippen LogP contribution in [0.15, 0.2) is 45.3 Å². The largest absolute Gasteiger partial charge is 0.236 e. The highest BCUT2D eigenvalue weighted by Crippen LogP contribution is 2.34. The molecule has 5 nitrogen and oxygen atoms in total. The predicted molar refractivity (Wildman–Crippen MR) is 103 cm³/mol. The van der Waals surface area contributed by atoms with Crippen molar-refractivity contribution in [1.29, 1.82) is 0 Å². The van der Waals surface area contributed by atoms with Crippen LogP contribution < -0.4 is 0 Å². The number of aromatic nitrogens is 3. The van der Waals surface area contributed by atoms with E-state index in [9.17, 15) is 8.42 Å². The molecule has 0 saturated heterocycles. The van der Waals surface area contributed by atoms with Crippen LogP contribution in [0.3, 0.4) is 0 Å². The van der Waals surface area contributed by atoms with E-state index < -0.39 is 9.84 Å². The minimum absolute atomic E-state index is 0.225. The molecule has 0 spiro atoms. The molecule has 0 fully saturated rings. The van der Waals surface area contributed by atoms with Gasteiger partial charge in [0.2, 0.25) is 9.84 Å². The average Bonchev–Trinajstić information content (AvgIpc) is 2.85. The van der Waals surface area contributed by atoms with E-state index in [1.54, 1.807) is 22.7 Å². The molecule has 4 rings (SSSR count). The maximum Gasteiger partial charge on any atom is 0.213 e. The van der Waals surface area contributed by atoms with Gasteiger partial charge in [0.1, 0.15) is 5.03 Å². The van der Waals surface area contributed by atoms with Gasteiger partial charge in [-0.3, -0.25) is 0 Å². The number of rotatable bonds is 3. The zero-order chi connectivity index (χ0) is 18.3. The Labute approximate surface area is 157 Å². The first-order chi connectivity index (χ1) is 12.5. The molecule has 1 aromatic carbocycles. The summed E-state index contributed by atoms with van der Waals surface area (Å²) in [5, 5.41) is 5.15. The van der Waals surface area contributed by atoms with Gasteiger partial charge < -0.3 is 0 Å². The zero-order valence-corrected chi connectivity index (χ0v) is 16.5. The fourth-order valence-electron chi connectivity index (χ4n) is 3.56. The van der Waals surface area contributed by atoms with Crippen molar-refractivity contribution >= 4 is 27.2 Å². The molecule has 0 aliphatic heterocycles. The molecular weight excluding hydrogens is 366 g/mol. The highest BCUT2D eigenvalue weighted by molar-refractivity contribution is 7.99. The number of nitrogens with zero attached hydrogens (tertiary/aromatic N) is 3. The fourth-order valence-corrected chi connectivity index (χ4v) is 6.06. The van der Waals surface area contributed by atoms with E-state index in [-0.39, 0.29) is 4.90 Å². The number of sulfone groups is 1. The maximum absolute atomic E-state index is 13.4. The van der Waals surface area contributed by atoms with Crippen molar-refractivity contribution in [2.45, 2.75) is 53.8 Å². The van der Waals surface area contributed by atoms with E-state index in [0.717, 1.165) is 36.9 Å². The smallest absolute Gasteiger partial charge is 0.213 e. The maximum atomic E-state index is 13.4. The summed E-state index contributed by atoms with van der Waals surface area (Å²) in [6.07, 6.45) is 9.01. The van der Waals surface area contributed by atoms with Crippen molar-refractivity contribution in [2.24, 2.45) is 0 Å². The number of aryl methyl sites for hydroxylation is 3. The van der Waals surface area contributed by atoms with Crippen LogP contribution in [0.2, 0.25) is 0 Å². The van der Waals surface area contributed by atoms with Crippen molar-refractivity contribution in [3.8, 4) is 0 Å². The third-order valence-electron chi connectivity index (χ3n) is 4.88. The summed E-state index contributed by atoms with van der Waals surface area (Å²) in [7, 11) is -3.69. The minimum atomic E-state index is -3.69. The van der Waals surface area contributed by atoms with Crippen LogP contribution >= 0.6 is 11.8 Å². The van der Waals surface area contributed by atoms with Crippen molar-refractivity contribution in [3.63, 3.8) is 0 Å². The summed E-state index contributed by atoms with van der Waals surface area (Å²) in [6.45, 7) is 1.89. The lowest BCUT2D eigenvalue weighted by Gasteiger charge is -2.08.